The predicted octanol–water partition coefficient (Wildman–Crippen LogP) is 1.23. The van der Waals surface area contributed by atoms with Crippen molar-refractivity contribution in [2.75, 3.05) is 26.7 Å². The minimum atomic E-state index is 0.123. The van der Waals surface area contributed by atoms with Crippen LogP contribution in [0, 0.1) is 0 Å². The lowest BCUT2D eigenvalue weighted by molar-refractivity contribution is 0.237. The summed E-state index contributed by atoms with van der Waals surface area (Å²) in [6.45, 7) is 2.89. The minimum Gasteiger partial charge on any atom is -0.395 e. The van der Waals surface area contributed by atoms with Gasteiger partial charge in [-0.1, -0.05) is 0 Å². The summed E-state index contributed by atoms with van der Waals surface area (Å²) in [5.41, 5.74) is 1.82. The van der Waals surface area contributed by atoms with Gasteiger partial charge in [0.05, 0.1) is 6.61 Å². The quantitative estimate of drug-likeness (QED) is 0.902. The first-order valence-corrected chi connectivity index (χ1v) is 6.90. The van der Waals surface area contributed by atoms with E-state index in [0.717, 1.165) is 30.1 Å². The largest absolute Gasteiger partial charge is 0.395 e. The molecule has 0 aromatic carbocycles. The molecule has 0 radical (unpaired) electrons. The van der Waals surface area contributed by atoms with E-state index in [-0.39, 0.29) is 6.61 Å². The molecule has 5 heteroatoms. The molecule has 0 bridgehead atoms. The van der Waals surface area contributed by atoms with Crippen molar-refractivity contribution in [1.82, 2.24) is 19.4 Å². The Kier molecular flexibility index (Phi) is 3.48. The van der Waals surface area contributed by atoms with Gasteiger partial charge in [0.2, 0.25) is 0 Å². The number of pyridine rings is 1. The van der Waals surface area contributed by atoms with E-state index in [1.54, 1.807) is 6.20 Å². The number of aliphatic hydroxyl groups excluding tert-OH is 1. The maximum absolute atomic E-state index is 9.29. The lowest BCUT2D eigenvalue weighted by atomic mass is 9.97. The Balaban J connectivity index is 2.03. The van der Waals surface area contributed by atoms with E-state index in [1.165, 1.54) is 12.8 Å². The van der Waals surface area contributed by atoms with Gasteiger partial charge in [0.25, 0.3) is 0 Å². The van der Waals surface area contributed by atoms with Gasteiger partial charge in [-0.2, -0.15) is 0 Å². The van der Waals surface area contributed by atoms with Crippen molar-refractivity contribution in [3.63, 3.8) is 0 Å². The highest BCUT2D eigenvalue weighted by Crippen LogP contribution is 2.27. The second-order valence-corrected chi connectivity index (χ2v) is 5.29. The van der Waals surface area contributed by atoms with E-state index in [2.05, 4.69) is 21.5 Å². The third-order valence-corrected chi connectivity index (χ3v) is 3.85. The van der Waals surface area contributed by atoms with Crippen LogP contribution in [0.1, 0.15) is 24.6 Å². The Morgan fingerprint density at radius 3 is 3.16 bits per heavy atom. The van der Waals surface area contributed by atoms with Gasteiger partial charge < -0.3 is 14.6 Å². The first kappa shape index (κ1) is 12.6. The number of hydrogen-bond acceptors (Lipinski definition) is 4. The number of likely N-dealkylation sites (tertiary alicyclic amines) is 1. The molecule has 1 aliphatic rings. The summed E-state index contributed by atoms with van der Waals surface area (Å²) in [6, 6.07) is 3.90. The lowest BCUT2D eigenvalue weighted by Gasteiger charge is -2.29. The molecule has 0 aliphatic carbocycles. The Labute approximate surface area is 112 Å². The first-order chi connectivity index (χ1) is 9.29. The number of imidazole rings is 1. The van der Waals surface area contributed by atoms with Crippen molar-refractivity contribution in [1.29, 1.82) is 0 Å². The second kappa shape index (κ2) is 5.27. The molecule has 102 valence electrons. The van der Waals surface area contributed by atoms with Gasteiger partial charge in [-0.15, -0.1) is 0 Å². The van der Waals surface area contributed by atoms with Gasteiger partial charge in [-0.25, -0.2) is 9.97 Å². The Morgan fingerprint density at radius 1 is 1.47 bits per heavy atom. The minimum absolute atomic E-state index is 0.123. The van der Waals surface area contributed by atoms with E-state index in [4.69, 9.17) is 4.98 Å². The molecule has 1 unspecified atom stereocenters. The monoisotopic (exact) mass is 260 g/mol. The van der Waals surface area contributed by atoms with Crippen LogP contribution in [0.3, 0.4) is 0 Å². The summed E-state index contributed by atoms with van der Waals surface area (Å²) >= 11 is 0. The molecule has 0 saturated carbocycles. The molecule has 1 atom stereocenters. The van der Waals surface area contributed by atoms with E-state index < -0.39 is 0 Å². The zero-order valence-corrected chi connectivity index (χ0v) is 11.3. The lowest BCUT2D eigenvalue weighted by Crippen LogP contribution is -2.32. The molecule has 2 aromatic rings. The van der Waals surface area contributed by atoms with Crippen LogP contribution in [0.25, 0.3) is 11.2 Å². The van der Waals surface area contributed by atoms with Gasteiger partial charge in [0, 0.05) is 25.2 Å². The van der Waals surface area contributed by atoms with Crippen molar-refractivity contribution < 1.29 is 5.11 Å². The van der Waals surface area contributed by atoms with Crippen LogP contribution in [-0.4, -0.2) is 51.3 Å². The van der Waals surface area contributed by atoms with Crippen molar-refractivity contribution >= 4 is 11.2 Å². The fourth-order valence-corrected chi connectivity index (χ4v) is 2.99. The molecule has 1 saturated heterocycles. The fourth-order valence-electron chi connectivity index (χ4n) is 2.99. The third-order valence-electron chi connectivity index (χ3n) is 3.85. The molecular formula is C14H20N4O. The van der Waals surface area contributed by atoms with E-state index in [1.807, 2.05) is 12.1 Å². The number of fused-ring (bicyclic) bond motifs is 1. The number of likely N-dealkylation sites (N-methyl/N-ethyl adjacent to an activating group) is 1. The van der Waals surface area contributed by atoms with Crippen LogP contribution in [0.15, 0.2) is 18.3 Å². The maximum Gasteiger partial charge on any atom is 0.160 e. The van der Waals surface area contributed by atoms with Crippen LogP contribution < -0.4 is 0 Å². The smallest absolute Gasteiger partial charge is 0.160 e. The van der Waals surface area contributed by atoms with Crippen LogP contribution >= 0.6 is 0 Å². The molecule has 1 N–H and O–H groups in total. The number of hydrogen-bond donors (Lipinski definition) is 1. The summed E-state index contributed by atoms with van der Waals surface area (Å²) in [6.07, 6.45) is 4.16. The summed E-state index contributed by atoms with van der Waals surface area (Å²) in [4.78, 5) is 11.5. The van der Waals surface area contributed by atoms with E-state index >= 15 is 0 Å². The molecular weight excluding hydrogens is 240 g/mol. The Bertz CT molecular complexity index is 566. The van der Waals surface area contributed by atoms with Crippen molar-refractivity contribution in [2.24, 2.45) is 0 Å². The number of aliphatic hydroxyl groups is 1. The van der Waals surface area contributed by atoms with Crippen molar-refractivity contribution in [3.05, 3.63) is 24.2 Å². The van der Waals surface area contributed by atoms with Gasteiger partial charge in [0.1, 0.15) is 11.3 Å². The summed E-state index contributed by atoms with van der Waals surface area (Å²) < 4.78 is 2.08. The van der Waals surface area contributed by atoms with E-state index in [0.29, 0.717) is 12.5 Å². The van der Waals surface area contributed by atoms with Crippen LogP contribution in [0.2, 0.25) is 0 Å². The summed E-state index contributed by atoms with van der Waals surface area (Å²) in [5.74, 6) is 1.52. The Morgan fingerprint density at radius 2 is 2.37 bits per heavy atom. The van der Waals surface area contributed by atoms with Crippen LogP contribution in [-0.2, 0) is 6.54 Å². The molecule has 3 rings (SSSR count). The van der Waals surface area contributed by atoms with E-state index in [9.17, 15) is 5.11 Å². The van der Waals surface area contributed by atoms with Gasteiger partial charge >= 0.3 is 0 Å². The topological polar surface area (TPSA) is 54.2 Å². The molecule has 3 heterocycles. The van der Waals surface area contributed by atoms with Crippen molar-refractivity contribution in [2.45, 2.75) is 25.3 Å². The molecule has 1 aliphatic heterocycles. The average Bonchev–Trinajstić information content (AvgIpc) is 2.79. The van der Waals surface area contributed by atoms with Gasteiger partial charge in [-0.3, -0.25) is 0 Å². The zero-order valence-electron chi connectivity index (χ0n) is 11.3. The highest BCUT2D eigenvalue weighted by Gasteiger charge is 2.24. The fraction of sp³-hybridized carbons (Fsp3) is 0.571. The number of aromatic nitrogens is 3. The molecule has 5 nitrogen and oxygen atoms in total. The molecule has 0 spiro atoms. The first-order valence-electron chi connectivity index (χ1n) is 6.90. The maximum atomic E-state index is 9.29. The highest BCUT2D eigenvalue weighted by molar-refractivity contribution is 5.71. The highest BCUT2D eigenvalue weighted by atomic mass is 16.3. The second-order valence-electron chi connectivity index (χ2n) is 5.29. The molecule has 19 heavy (non-hydrogen) atoms. The van der Waals surface area contributed by atoms with Gasteiger partial charge in [-0.05, 0) is 38.6 Å². The van der Waals surface area contributed by atoms with Crippen LogP contribution in [0.5, 0.6) is 0 Å². The number of rotatable bonds is 3. The predicted molar refractivity (Wildman–Crippen MR) is 74.1 cm³/mol. The number of nitrogens with zero attached hydrogens (tertiary/aromatic N) is 4. The molecule has 1 fully saturated rings. The Hall–Kier alpha value is -1.46. The summed E-state index contributed by atoms with van der Waals surface area (Å²) in [5, 5.41) is 9.29. The number of piperidine rings is 1. The average molecular weight is 260 g/mol. The molecule has 0 amide bonds. The van der Waals surface area contributed by atoms with Crippen molar-refractivity contribution in [3.8, 4) is 0 Å². The summed E-state index contributed by atoms with van der Waals surface area (Å²) in [7, 11) is 2.16. The third kappa shape index (κ3) is 2.35. The van der Waals surface area contributed by atoms with Crippen LogP contribution in [0.4, 0.5) is 0 Å². The SMILES string of the molecule is CN1CCCC(c2nc3cccnc3n2CCO)C1. The van der Waals surface area contributed by atoms with Gasteiger partial charge in [0.15, 0.2) is 5.65 Å². The normalized spacial score (nSPS) is 21.1. The standard InChI is InChI=1S/C14H20N4O/c1-17-7-3-4-11(10-17)13-16-12-5-2-6-15-14(12)18(13)8-9-19/h2,5-6,11,19H,3-4,7-10H2,1H3. The zero-order chi connectivity index (χ0) is 13.2. The molecule has 2 aromatic heterocycles.